The third kappa shape index (κ3) is 4.64. The fourth-order valence-electron chi connectivity index (χ4n) is 2.61. The van der Waals surface area contributed by atoms with Gasteiger partial charge in [0.2, 0.25) is 0 Å². The van der Waals surface area contributed by atoms with Gasteiger partial charge < -0.3 is 15.0 Å². The Labute approximate surface area is 135 Å². The number of nitro groups is 1. The van der Waals surface area contributed by atoms with Crippen molar-refractivity contribution < 1.29 is 14.5 Å². The molecule has 1 aliphatic rings. The first-order chi connectivity index (χ1) is 11.0. The molecule has 0 saturated carbocycles. The van der Waals surface area contributed by atoms with Gasteiger partial charge in [0, 0.05) is 57.2 Å². The van der Waals surface area contributed by atoms with Crippen molar-refractivity contribution in [2.24, 2.45) is 0 Å². The summed E-state index contributed by atoms with van der Waals surface area (Å²) in [6.07, 6.45) is 0. The van der Waals surface area contributed by atoms with E-state index >= 15 is 0 Å². The van der Waals surface area contributed by atoms with Gasteiger partial charge in [0.1, 0.15) is 0 Å². The fourth-order valence-corrected chi connectivity index (χ4v) is 2.61. The number of piperazine rings is 1. The molecule has 1 aliphatic heterocycles. The monoisotopic (exact) mass is 322 g/mol. The molecule has 126 valence electrons. The van der Waals surface area contributed by atoms with E-state index in [2.05, 4.69) is 17.1 Å². The minimum atomic E-state index is -0.481. The number of benzene rings is 1. The number of methoxy groups -OCH3 is 1. The molecule has 0 spiro atoms. The highest BCUT2D eigenvalue weighted by atomic mass is 16.6. The van der Waals surface area contributed by atoms with Crippen LogP contribution in [0.1, 0.15) is 6.92 Å². The van der Waals surface area contributed by atoms with Crippen LogP contribution in [0.5, 0.6) is 0 Å². The predicted octanol–water partition coefficient (Wildman–Crippen LogP) is 1.78. The number of nitro benzene ring substituents is 1. The van der Waals surface area contributed by atoms with Crippen molar-refractivity contribution in [3.05, 3.63) is 34.4 Å². The second kappa shape index (κ2) is 7.89. The summed E-state index contributed by atoms with van der Waals surface area (Å²) in [4.78, 5) is 26.5. The van der Waals surface area contributed by atoms with Gasteiger partial charge >= 0.3 is 6.03 Å². The molecule has 2 rings (SSSR count). The SMILES string of the molecule is COC[C@@H](C)N1CCN(C(=O)Nc2cccc([N+](=O)[O-])c2)CC1. The summed E-state index contributed by atoms with van der Waals surface area (Å²) in [5.41, 5.74) is 0.389. The van der Waals surface area contributed by atoms with Crippen LogP contribution >= 0.6 is 0 Å². The fraction of sp³-hybridized carbons (Fsp3) is 0.533. The normalized spacial score (nSPS) is 16.9. The minimum absolute atomic E-state index is 0.0407. The number of carbonyl (C=O) groups is 1. The van der Waals surface area contributed by atoms with E-state index in [0.717, 1.165) is 13.1 Å². The van der Waals surface area contributed by atoms with E-state index in [1.54, 1.807) is 24.1 Å². The number of carbonyl (C=O) groups excluding carboxylic acids is 1. The van der Waals surface area contributed by atoms with Crippen molar-refractivity contribution in [1.82, 2.24) is 9.80 Å². The third-order valence-corrected chi connectivity index (χ3v) is 3.94. The molecule has 1 N–H and O–H groups in total. The lowest BCUT2D eigenvalue weighted by Crippen LogP contribution is -2.53. The molecule has 0 radical (unpaired) electrons. The number of nitrogens with one attached hydrogen (secondary N) is 1. The third-order valence-electron chi connectivity index (χ3n) is 3.94. The van der Waals surface area contributed by atoms with Crippen molar-refractivity contribution in [2.75, 3.05) is 45.2 Å². The number of nitrogens with zero attached hydrogens (tertiary/aromatic N) is 3. The van der Waals surface area contributed by atoms with Crippen LogP contribution in [0, 0.1) is 10.1 Å². The number of anilines is 1. The van der Waals surface area contributed by atoms with E-state index in [0.29, 0.717) is 31.4 Å². The number of hydrogen-bond acceptors (Lipinski definition) is 5. The molecular weight excluding hydrogens is 300 g/mol. The average Bonchev–Trinajstić information content (AvgIpc) is 2.55. The zero-order valence-electron chi connectivity index (χ0n) is 13.4. The van der Waals surface area contributed by atoms with Crippen molar-refractivity contribution in [2.45, 2.75) is 13.0 Å². The zero-order valence-corrected chi connectivity index (χ0v) is 13.4. The summed E-state index contributed by atoms with van der Waals surface area (Å²) in [5, 5.41) is 13.5. The number of non-ortho nitro benzene ring substituents is 1. The maximum Gasteiger partial charge on any atom is 0.321 e. The van der Waals surface area contributed by atoms with Crippen LogP contribution in [0.15, 0.2) is 24.3 Å². The van der Waals surface area contributed by atoms with Crippen LogP contribution in [0.3, 0.4) is 0 Å². The van der Waals surface area contributed by atoms with Crippen LogP contribution in [0.25, 0.3) is 0 Å². The van der Waals surface area contributed by atoms with E-state index in [1.165, 1.54) is 12.1 Å². The number of rotatable bonds is 5. The van der Waals surface area contributed by atoms with Crippen molar-refractivity contribution in [3.63, 3.8) is 0 Å². The molecule has 1 saturated heterocycles. The Morgan fingerprint density at radius 3 is 2.70 bits per heavy atom. The molecule has 0 aromatic heterocycles. The highest BCUT2D eigenvalue weighted by Gasteiger charge is 2.24. The maximum absolute atomic E-state index is 12.3. The summed E-state index contributed by atoms with van der Waals surface area (Å²) in [6.45, 7) is 5.58. The van der Waals surface area contributed by atoms with E-state index in [9.17, 15) is 14.9 Å². The molecule has 1 fully saturated rings. The van der Waals surface area contributed by atoms with E-state index < -0.39 is 4.92 Å². The second-order valence-corrected chi connectivity index (χ2v) is 5.56. The van der Waals surface area contributed by atoms with Gasteiger partial charge in [-0.15, -0.1) is 0 Å². The standard InChI is InChI=1S/C15H22N4O4/c1-12(11-23-2)17-6-8-18(9-7-17)15(20)16-13-4-3-5-14(10-13)19(21)22/h3-5,10,12H,6-9,11H2,1-2H3,(H,16,20)/t12-/m1/s1. The number of urea groups is 1. The van der Waals surface area contributed by atoms with Crippen LogP contribution in [0.4, 0.5) is 16.2 Å². The molecule has 1 atom stereocenters. The molecule has 1 heterocycles. The molecule has 2 amide bonds. The van der Waals surface area contributed by atoms with Gasteiger partial charge in [-0.3, -0.25) is 15.0 Å². The topological polar surface area (TPSA) is 88.0 Å². The van der Waals surface area contributed by atoms with Crippen LogP contribution in [-0.2, 0) is 4.74 Å². The molecule has 23 heavy (non-hydrogen) atoms. The maximum atomic E-state index is 12.3. The Hall–Kier alpha value is -2.19. The Morgan fingerprint density at radius 1 is 1.39 bits per heavy atom. The first-order valence-corrected chi connectivity index (χ1v) is 7.54. The van der Waals surface area contributed by atoms with Gasteiger partial charge in [0.15, 0.2) is 0 Å². The molecular formula is C15H22N4O4. The Morgan fingerprint density at radius 2 is 2.09 bits per heavy atom. The first kappa shape index (κ1) is 17.2. The molecule has 8 nitrogen and oxygen atoms in total. The van der Waals surface area contributed by atoms with Gasteiger partial charge in [-0.1, -0.05) is 6.07 Å². The Bertz CT molecular complexity index is 558. The van der Waals surface area contributed by atoms with Gasteiger partial charge in [0.05, 0.1) is 11.5 Å². The lowest BCUT2D eigenvalue weighted by atomic mass is 10.2. The smallest absolute Gasteiger partial charge is 0.321 e. The van der Waals surface area contributed by atoms with Gasteiger partial charge in [-0.05, 0) is 13.0 Å². The second-order valence-electron chi connectivity index (χ2n) is 5.56. The van der Waals surface area contributed by atoms with Crippen LogP contribution < -0.4 is 5.32 Å². The molecule has 0 unspecified atom stereocenters. The van der Waals surface area contributed by atoms with Crippen LogP contribution in [-0.4, -0.2) is 66.7 Å². The number of amides is 2. The molecule has 0 aliphatic carbocycles. The number of hydrogen-bond donors (Lipinski definition) is 1. The highest BCUT2D eigenvalue weighted by Crippen LogP contribution is 2.18. The molecule has 0 bridgehead atoms. The van der Waals surface area contributed by atoms with Gasteiger partial charge in [-0.2, -0.15) is 0 Å². The summed E-state index contributed by atoms with van der Waals surface area (Å²) in [7, 11) is 1.68. The van der Waals surface area contributed by atoms with E-state index in [-0.39, 0.29) is 11.7 Å². The lowest BCUT2D eigenvalue weighted by Gasteiger charge is -2.37. The van der Waals surface area contributed by atoms with Crippen molar-refractivity contribution in [1.29, 1.82) is 0 Å². The summed E-state index contributed by atoms with van der Waals surface area (Å²) < 4.78 is 5.15. The molecule has 1 aromatic carbocycles. The summed E-state index contributed by atoms with van der Waals surface area (Å²) in [5.74, 6) is 0. The Balaban J connectivity index is 1.88. The Kier molecular flexibility index (Phi) is 5.89. The van der Waals surface area contributed by atoms with Gasteiger partial charge in [0.25, 0.3) is 5.69 Å². The van der Waals surface area contributed by atoms with E-state index in [4.69, 9.17) is 4.74 Å². The summed E-state index contributed by atoms with van der Waals surface area (Å²) in [6, 6.07) is 6.03. The van der Waals surface area contributed by atoms with Crippen molar-refractivity contribution in [3.8, 4) is 0 Å². The first-order valence-electron chi connectivity index (χ1n) is 7.54. The molecule has 8 heteroatoms. The van der Waals surface area contributed by atoms with Gasteiger partial charge in [-0.25, -0.2) is 4.79 Å². The van der Waals surface area contributed by atoms with Crippen molar-refractivity contribution >= 4 is 17.4 Å². The van der Waals surface area contributed by atoms with E-state index in [1.807, 2.05) is 0 Å². The van der Waals surface area contributed by atoms with Crippen LogP contribution in [0.2, 0.25) is 0 Å². The number of ether oxygens (including phenoxy) is 1. The average molecular weight is 322 g/mol. The lowest BCUT2D eigenvalue weighted by molar-refractivity contribution is -0.384. The zero-order chi connectivity index (χ0) is 16.8. The summed E-state index contributed by atoms with van der Waals surface area (Å²) >= 11 is 0. The highest BCUT2D eigenvalue weighted by molar-refractivity contribution is 5.89. The largest absolute Gasteiger partial charge is 0.383 e. The molecule has 1 aromatic rings. The minimum Gasteiger partial charge on any atom is -0.383 e. The predicted molar refractivity (Wildman–Crippen MR) is 86.6 cm³/mol. The quantitative estimate of drug-likeness (QED) is 0.659.